The Balaban J connectivity index is 2.16. The van der Waals surface area contributed by atoms with E-state index in [2.05, 4.69) is 15.9 Å². The Hall–Kier alpha value is 0.340. The lowest BCUT2D eigenvalue weighted by Crippen LogP contribution is -1.95. The molecule has 1 saturated carbocycles. The van der Waals surface area contributed by atoms with Crippen molar-refractivity contribution in [1.29, 1.82) is 0 Å². The largest absolute Gasteiger partial charge is 0.241 e. The van der Waals surface area contributed by atoms with Gasteiger partial charge in [0.05, 0.1) is 0 Å². The molecule has 0 heterocycles. The van der Waals surface area contributed by atoms with E-state index in [1.165, 1.54) is 0 Å². The summed E-state index contributed by atoms with van der Waals surface area (Å²) in [5.41, 5.74) is 0. The highest BCUT2D eigenvalue weighted by atomic mass is 79.9. The number of hydrogen-bond donors (Lipinski definition) is 0. The van der Waals surface area contributed by atoms with E-state index in [0.717, 1.165) is 5.33 Å². The van der Waals surface area contributed by atoms with Gasteiger partial charge in [0.2, 0.25) is 6.43 Å². The van der Waals surface area contributed by atoms with Gasteiger partial charge in [-0.2, -0.15) is 0 Å². The van der Waals surface area contributed by atoms with E-state index in [0.29, 0.717) is 6.42 Å². The minimum absolute atomic E-state index is 0.259. The van der Waals surface area contributed by atoms with Gasteiger partial charge in [-0.15, -0.1) is 0 Å². The van der Waals surface area contributed by atoms with Crippen molar-refractivity contribution >= 4 is 15.9 Å². The molecule has 0 aromatic carbocycles. The highest BCUT2D eigenvalue weighted by Crippen LogP contribution is 2.43. The summed E-state index contributed by atoms with van der Waals surface area (Å²) < 4.78 is 23.3. The summed E-state index contributed by atoms with van der Waals surface area (Å²) in [6.07, 6.45) is -1.37. The third-order valence-electron chi connectivity index (χ3n) is 1.50. The van der Waals surface area contributed by atoms with Crippen molar-refractivity contribution in [2.24, 2.45) is 11.8 Å². The molecule has 0 aromatic rings. The summed E-state index contributed by atoms with van der Waals surface area (Å²) >= 11 is 3.15. The molecular formula is C5H7BrF2. The summed E-state index contributed by atoms with van der Waals surface area (Å²) in [6, 6.07) is 0. The second-order valence-electron chi connectivity index (χ2n) is 2.15. The zero-order valence-electron chi connectivity index (χ0n) is 4.28. The smallest absolute Gasteiger partial charge is 0.210 e. The maximum absolute atomic E-state index is 11.6. The van der Waals surface area contributed by atoms with Crippen molar-refractivity contribution in [2.75, 3.05) is 5.33 Å². The Kier molecular flexibility index (Phi) is 1.85. The van der Waals surface area contributed by atoms with Crippen molar-refractivity contribution < 1.29 is 8.78 Å². The molecule has 0 nitrogen and oxygen atoms in total. The van der Waals surface area contributed by atoms with Crippen LogP contribution in [0.15, 0.2) is 0 Å². The maximum Gasteiger partial charge on any atom is 0.241 e. The summed E-state index contributed by atoms with van der Waals surface area (Å²) in [6.45, 7) is 0. The van der Waals surface area contributed by atoms with Crippen molar-refractivity contribution in [3.05, 3.63) is 0 Å². The first-order valence-electron chi connectivity index (χ1n) is 2.60. The number of halogens is 3. The van der Waals surface area contributed by atoms with Crippen LogP contribution in [0, 0.1) is 11.8 Å². The van der Waals surface area contributed by atoms with E-state index in [-0.39, 0.29) is 11.8 Å². The Morgan fingerprint density at radius 1 is 1.62 bits per heavy atom. The van der Waals surface area contributed by atoms with Crippen LogP contribution < -0.4 is 0 Å². The molecule has 0 amide bonds. The van der Waals surface area contributed by atoms with Gasteiger partial charge in [0.25, 0.3) is 0 Å². The van der Waals surface area contributed by atoms with Gasteiger partial charge in [-0.1, -0.05) is 15.9 Å². The molecule has 1 aliphatic rings. The van der Waals surface area contributed by atoms with Crippen LogP contribution in [0.2, 0.25) is 0 Å². The fraction of sp³-hybridized carbons (Fsp3) is 1.00. The molecule has 0 aliphatic heterocycles. The van der Waals surface area contributed by atoms with Crippen LogP contribution in [0.3, 0.4) is 0 Å². The zero-order valence-corrected chi connectivity index (χ0v) is 5.87. The quantitative estimate of drug-likeness (QED) is 0.579. The summed E-state index contributed by atoms with van der Waals surface area (Å²) in [5.74, 6) is -0.0376. The first-order valence-corrected chi connectivity index (χ1v) is 3.72. The average Bonchev–Trinajstić information content (AvgIpc) is 2.42. The van der Waals surface area contributed by atoms with Crippen LogP contribution in [0.25, 0.3) is 0 Å². The number of rotatable bonds is 2. The molecule has 0 bridgehead atoms. The van der Waals surface area contributed by atoms with Gasteiger partial charge in [-0.05, 0) is 12.3 Å². The predicted octanol–water partition coefficient (Wildman–Crippen LogP) is 2.28. The van der Waals surface area contributed by atoms with Crippen molar-refractivity contribution in [3.63, 3.8) is 0 Å². The molecule has 1 aliphatic carbocycles. The summed E-state index contributed by atoms with van der Waals surface area (Å²) in [4.78, 5) is 0. The van der Waals surface area contributed by atoms with E-state index in [1.54, 1.807) is 0 Å². The van der Waals surface area contributed by atoms with Crippen LogP contribution in [0.1, 0.15) is 6.42 Å². The van der Waals surface area contributed by atoms with E-state index in [4.69, 9.17) is 0 Å². The minimum Gasteiger partial charge on any atom is -0.210 e. The molecule has 0 saturated heterocycles. The molecule has 2 atom stereocenters. The van der Waals surface area contributed by atoms with E-state index in [9.17, 15) is 8.78 Å². The second kappa shape index (κ2) is 2.29. The van der Waals surface area contributed by atoms with Crippen LogP contribution in [0.4, 0.5) is 8.78 Å². The Morgan fingerprint density at radius 3 is 2.38 bits per heavy atom. The molecule has 8 heavy (non-hydrogen) atoms. The molecule has 0 aromatic heterocycles. The summed E-state index contributed by atoms with van der Waals surface area (Å²) in [5, 5.41) is 0.738. The molecule has 0 N–H and O–H groups in total. The van der Waals surface area contributed by atoms with Gasteiger partial charge in [-0.3, -0.25) is 0 Å². The van der Waals surface area contributed by atoms with Gasteiger partial charge in [0.15, 0.2) is 0 Å². The highest BCUT2D eigenvalue weighted by Gasteiger charge is 2.42. The Morgan fingerprint density at radius 2 is 2.25 bits per heavy atom. The van der Waals surface area contributed by atoms with Crippen molar-refractivity contribution in [2.45, 2.75) is 12.8 Å². The van der Waals surface area contributed by atoms with Crippen molar-refractivity contribution in [1.82, 2.24) is 0 Å². The standard InChI is InChI=1S/C5H7BrF2/c6-2-3-1-4(3)5(7)8/h3-5H,1-2H2/t3-,4-/m1/s1. The number of hydrogen-bond acceptors (Lipinski definition) is 0. The molecule has 3 heteroatoms. The third-order valence-corrected chi connectivity index (χ3v) is 2.33. The van der Waals surface area contributed by atoms with Crippen LogP contribution >= 0.6 is 15.9 Å². The zero-order chi connectivity index (χ0) is 6.15. The lowest BCUT2D eigenvalue weighted by atomic mass is 10.4. The molecule has 0 radical (unpaired) electrons. The third kappa shape index (κ3) is 1.19. The second-order valence-corrected chi connectivity index (χ2v) is 2.80. The van der Waals surface area contributed by atoms with Crippen molar-refractivity contribution in [3.8, 4) is 0 Å². The summed E-state index contributed by atoms with van der Waals surface area (Å²) in [7, 11) is 0. The average molecular weight is 185 g/mol. The van der Waals surface area contributed by atoms with Crippen LogP contribution in [-0.2, 0) is 0 Å². The van der Waals surface area contributed by atoms with E-state index >= 15 is 0 Å². The highest BCUT2D eigenvalue weighted by molar-refractivity contribution is 9.09. The normalized spacial score (nSPS) is 36.0. The lowest BCUT2D eigenvalue weighted by Gasteiger charge is -1.90. The Bertz CT molecular complexity index is 84.5. The van der Waals surface area contributed by atoms with Crippen LogP contribution in [0.5, 0.6) is 0 Å². The van der Waals surface area contributed by atoms with Crippen LogP contribution in [-0.4, -0.2) is 11.8 Å². The monoisotopic (exact) mass is 184 g/mol. The van der Waals surface area contributed by atoms with E-state index < -0.39 is 6.43 Å². The van der Waals surface area contributed by atoms with Gasteiger partial charge < -0.3 is 0 Å². The van der Waals surface area contributed by atoms with Gasteiger partial charge >= 0.3 is 0 Å². The molecule has 0 unspecified atom stereocenters. The molecule has 1 rings (SSSR count). The molecular weight excluding hydrogens is 178 g/mol. The first-order chi connectivity index (χ1) is 3.75. The topological polar surface area (TPSA) is 0 Å². The maximum atomic E-state index is 11.6. The molecule has 1 fully saturated rings. The fourth-order valence-corrected chi connectivity index (χ4v) is 1.50. The predicted molar refractivity (Wildman–Crippen MR) is 31.4 cm³/mol. The Labute approximate surface area is 55.4 Å². The first kappa shape index (κ1) is 6.46. The number of alkyl halides is 3. The fourth-order valence-electron chi connectivity index (χ4n) is 0.757. The van der Waals surface area contributed by atoms with E-state index in [1.807, 2.05) is 0 Å². The van der Waals surface area contributed by atoms with Gasteiger partial charge in [0.1, 0.15) is 0 Å². The molecule has 48 valence electrons. The van der Waals surface area contributed by atoms with Gasteiger partial charge in [0, 0.05) is 11.2 Å². The lowest BCUT2D eigenvalue weighted by molar-refractivity contribution is 0.117. The molecule has 0 spiro atoms. The minimum atomic E-state index is -2.09. The van der Waals surface area contributed by atoms with Gasteiger partial charge in [-0.25, -0.2) is 8.78 Å². The SMILES string of the molecule is FC(F)[C@@H]1C[C@@H]1CBr.